The van der Waals surface area contributed by atoms with E-state index < -0.39 is 11.5 Å². The minimum absolute atomic E-state index is 0.0716. The van der Waals surface area contributed by atoms with Gasteiger partial charge in [0, 0.05) is 11.3 Å². The van der Waals surface area contributed by atoms with Crippen molar-refractivity contribution in [3.8, 4) is 0 Å². The number of aliphatic hydroxyl groups excluding tert-OH is 1. The molecule has 2 N–H and O–H groups in total. The van der Waals surface area contributed by atoms with Crippen molar-refractivity contribution >= 4 is 11.7 Å². The van der Waals surface area contributed by atoms with Crippen molar-refractivity contribution in [1.29, 1.82) is 0 Å². The van der Waals surface area contributed by atoms with E-state index in [2.05, 4.69) is 5.32 Å². The lowest BCUT2D eigenvalue weighted by molar-refractivity contribution is -0.135. The summed E-state index contributed by atoms with van der Waals surface area (Å²) in [5, 5.41) is 12.2. The molecule has 0 heterocycles. The molecule has 1 atom stereocenters. The van der Waals surface area contributed by atoms with Gasteiger partial charge < -0.3 is 15.2 Å². The van der Waals surface area contributed by atoms with Crippen LogP contribution in [0.3, 0.4) is 0 Å². The Labute approximate surface area is 146 Å². The zero-order chi connectivity index (χ0) is 18.5. The van der Waals surface area contributed by atoms with Crippen molar-refractivity contribution in [2.45, 2.75) is 78.9 Å². The Morgan fingerprint density at radius 2 is 1.62 bits per heavy atom. The molecule has 0 bridgehead atoms. The number of rotatable bonds is 6. The fourth-order valence-corrected chi connectivity index (χ4v) is 2.97. The van der Waals surface area contributed by atoms with Crippen molar-refractivity contribution in [3.63, 3.8) is 0 Å². The molecule has 0 spiro atoms. The van der Waals surface area contributed by atoms with Crippen molar-refractivity contribution in [2.24, 2.45) is 17.3 Å². The zero-order valence-electron chi connectivity index (χ0n) is 16.1. The van der Waals surface area contributed by atoms with Gasteiger partial charge in [0.1, 0.15) is 6.04 Å². The van der Waals surface area contributed by atoms with Crippen molar-refractivity contribution in [1.82, 2.24) is 5.32 Å². The molecule has 1 aliphatic rings. The molecule has 24 heavy (non-hydrogen) atoms. The third kappa shape index (κ3) is 6.89. The number of nitrogens with one attached hydrogen (secondary N) is 1. The summed E-state index contributed by atoms with van der Waals surface area (Å²) in [4.78, 5) is 24.7. The molecule has 1 rings (SSSR count). The topological polar surface area (TPSA) is 75.6 Å². The number of ketones is 1. The maximum absolute atomic E-state index is 12.4. The summed E-state index contributed by atoms with van der Waals surface area (Å²) in [5.41, 5.74) is -0.710. The molecule has 0 aromatic carbocycles. The molecule has 1 saturated carbocycles. The minimum atomic E-state index is -0.806. The highest BCUT2D eigenvalue weighted by Crippen LogP contribution is 2.30. The predicted octanol–water partition coefficient (Wildman–Crippen LogP) is 2.70. The van der Waals surface area contributed by atoms with Gasteiger partial charge in [-0.2, -0.15) is 0 Å². The maximum atomic E-state index is 12.4. The molecule has 140 valence electrons. The monoisotopic (exact) mass is 341 g/mol. The summed E-state index contributed by atoms with van der Waals surface area (Å²) in [5.74, 6) is 0.184. The summed E-state index contributed by atoms with van der Waals surface area (Å²) in [6.07, 6.45) is 3.55. The average Bonchev–Trinajstić information content (AvgIpc) is 2.48. The molecule has 5 nitrogen and oxygen atoms in total. The summed E-state index contributed by atoms with van der Waals surface area (Å²) in [7, 11) is 0. The molecular formula is C19H35NO4. The van der Waals surface area contributed by atoms with E-state index in [0.717, 1.165) is 32.3 Å². The first-order valence-corrected chi connectivity index (χ1v) is 9.03. The third-order valence-corrected chi connectivity index (χ3v) is 4.52. The first-order valence-electron chi connectivity index (χ1n) is 9.03. The highest BCUT2D eigenvalue weighted by Gasteiger charge is 2.33. The van der Waals surface area contributed by atoms with Gasteiger partial charge in [-0.25, -0.2) is 0 Å². The fourth-order valence-electron chi connectivity index (χ4n) is 2.97. The van der Waals surface area contributed by atoms with Gasteiger partial charge in [-0.1, -0.05) is 20.8 Å². The van der Waals surface area contributed by atoms with E-state index in [0.29, 0.717) is 5.92 Å². The first-order chi connectivity index (χ1) is 10.9. The van der Waals surface area contributed by atoms with E-state index >= 15 is 0 Å². The molecule has 0 aromatic heterocycles. The number of ether oxygens (including phenoxy) is 1. The molecule has 1 amide bonds. The lowest BCUT2D eigenvalue weighted by Crippen LogP contribution is -2.50. The van der Waals surface area contributed by atoms with Gasteiger partial charge in [-0.15, -0.1) is 0 Å². The van der Waals surface area contributed by atoms with Crippen LogP contribution in [-0.4, -0.2) is 41.7 Å². The van der Waals surface area contributed by atoms with Crippen LogP contribution in [0, 0.1) is 17.3 Å². The Morgan fingerprint density at radius 3 is 2.04 bits per heavy atom. The molecule has 0 radical (unpaired) electrons. The Morgan fingerprint density at radius 1 is 1.08 bits per heavy atom. The quantitative estimate of drug-likeness (QED) is 0.779. The predicted molar refractivity (Wildman–Crippen MR) is 94.6 cm³/mol. The lowest BCUT2D eigenvalue weighted by atomic mass is 9.81. The normalized spacial score (nSPS) is 23.6. The van der Waals surface area contributed by atoms with Crippen LogP contribution < -0.4 is 5.32 Å². The molecule has 1 aliphatic carbocycles. The van der Waals surface area contributed by atoms with Gasteiger partial charge in [0.15, 0.2) is 5.78 Å². The fraction of sp³-hybridized carbons (Fsp3) is 0.895. The van der Waals surface area contributed by atoms with Crippen LogP contribution in [0.25, 0.3) is 0 Å². The van der Waals surface area contributed by atoms with Gasteiger partial charge in [-0.05, 0) is 52.4 Å². The van der Waals surface area contributed by atoms with Gasteiger partial charge in [0.05, 0.1) is 18.8 Å². The van der Waals surface area contributed by atoms with Crippen LogP contribution in [0.15, 0.2) is 0 Å². The van der Waals surface area contributed by atoms with Crippen molar-refractivity contribution in [2.75, 3.05) is 13.2 Å². The highest BCUT2D eigenvalue weighted by atomic mass is 16.5. The van der Waals surface area contributed by atoms with E-state index in [1.807, 2.05) is 20.8 Å². The van der Waals surface area contributed by atoms with Crippen molar-refractivity contribution < 1.29 is 19.4 Å². The summed E-state index contributed by atoms with van der Waals surface area (Å²) in [6.45, 7) is 11.9. The maximum Gasteiger partial charge on any atom is 0.223 e. The van der Waals surface area contributed by atoms with Gasteiger partial charge in [0.2, 0.25) is 5.91 Å². The highest BCUT2D eigenvalue weighted by molar-refractivity contribution is 5.93. The van der Waals surface area contributed by atoms with Crippen LogP contribution in [-0.2, 0) is 14.3 Å². The van der Waals surface area contributed by atoms with Gasteiger partial charge in [-0.3, -0.25) is 9.59 Å². The Bertz CT molecular complexity index is 426. The Kier molecular flexibility index (Phi) is 7.42. The number of Topliss-reactive ketones (excluding diaryl/α,β-unsaturated/α-hetero) is 1. The zero-order valence-corrected chi connectivity index (χ0v) is 16.1. The third-order valence-electron chi connectivity index (χ3n) is 4.52. The standard InChI is InChI=1S/C19H35NO4/c1-18(2,3)16(22)15(11-21)20-17(23)14-9-7-13(8-10-14)12-24-19(4,5)6/h13-15,21H,7-12H2,1-6H3,(H,20,23)/t13?,14?,15-/m0/s1. The molecule has 0 aliphatic heterocycles. The van der Waals surface area contributed by atoms with Crippen molar-refractivity contribution in [3.05, 3.63) is 0 Å². The average molecular weight is 341 g/mol. The largest absolute Gasteiger partial charge is 0.394 e. The van der Waals surface area contributed by atoms with E-state index in [-0.39, 0.29) is 29.8 Å². The van der Waals surface area contributed by atoms with Crippen LogP contribution in [0.2, 0.25) is 0 Å². The number of carbonyl (C=O) groups excluding carboxylic acids is 2. The van der Waals surface area contributed by atoms with Crippen LogP contribution >= 0.6 is 0 Å². The van der Waals surface area contributed by atoms with Gasteiger partial charge in [0.25, 0.3) is 0 Å². The smallest absolute Gasteiger partial charge is 0.223 e. The van der Waals surface area contributed by atoms with E-state index in [1.54, 1.807) is 20.8 Å². The summed E-state index contributed by atoms with van der Waals surface area (Å²) in [6, 6.07) is -0.806. The Balaban J connectivity index is 2.46. The minimum Gasteiger partial charge on any atom is -0.394 e. The van der Waals surface area contributed by atoms with Crippen LogP contribution in [0.1, 0.15) is 67.2 Å². The number of amides is 1. The number of hydrogen-bond acceptors (Lipinski definition) is 4. The van der Waals surface area contributed by atoms with E-state index in [9.17, 15) is 14.7 Å². The second-order valence-corrected chi connectivity index (χ2v) is 9.00. The number of aliphatic hydroxyl groups is 1. The molecule has 1 fully saturated rings. The summed E-state index contributed by atoms with van der Waals surface area (Å²) < 4.78 is 5.84. The molecule has 0 aromatic rings. The molecule has 0 unspecified atom stereocenters. The molecular weight excluding hydrogens is 306 g/mol. The Hall–Kier alpha value is -0.940. The second-order valence-electron chi connectivity index (χ2n) is 9.00. The van der Waals surface area contributed by atoms with Crippen LogP contribution in [0.5, 0.6) is 0 Å². The van der Waals surface area contributed by atoms with Crippen LogP contribution in [0.4, 0.5) is 0 Å². The van der Waals surface area contributed by atoms with E-state index in [4.69, 9.17) is 4.74 Å². The summed E-state index contributed by atoms with van der Waals surface area (Å²) >= 11 is 0. The molecule has 5 heteroatoms. The lowest BCUT2D eigenvalue weighted by Gasteiger charge is -2.31. The SMILES string of the molecule is CC(C)(C)OCC1CCC(C(=O)N[C@@H](CO)C(=O)C(C)(C)C)CC1. The number of hydrogen-bond donors (Lipinski definition) is 2. The number of carbonyl (C=O) groups is 2. The first kappa shape index (κ1) is 21.1. The van der Waals surface area contributed by atoms with E-state index in [1.165, 1.54) is 0 Å². The van der Waals surface area contributed by atoms with Gasteiger partial charge >= 0.3 is 0 Å². The second kappa shape index (κ2) is 8.43. The molecule has 0 saturated heterocycles.